The summed E-state index contributed by atoms with van der Waals surface area (Å²) < 4.78 is 5.75. The monoisotopic (exact) mass is 403 g/mol. The molecule has 30 heavy (non-hydrogen) atoms. The van der Waals surface area contributed by atoms with Gasteiger partial charge >= 0.3 is 0 Å². The van der Waals surface area contributed by atoms with Crippen LogP contribution in [0.15, 0.2) is 66.9 Å². The van der Waals surface area contributed by atoms with Crippen LogP contribution in [0.4, 0.5) is 5.69 Å². The standard InChI is InChI=1S/C24H25N3O3/c1-16-9-11-21(13-17(16)2)30-23-12-10-20(15-25-23)27-22(28)14-18(3)26-24(29)19-7-5-4-6-8-19/h4-13,15,18H,14H2,1-3H3,(H,26,29)(H,27,28). The summed E-state index contributed by atoms with van der Waals surface area (Å²) in [7, 11) is 0. The van der Waals surface area contributed by atoms with E-state index in [4.69, 9.17) is 4.74 Å². The van der Waals surface area contributed by atoms with Crippen LogP contribution in [-0.4, -0.2) is 22.8 Å². The molecule has 3 aromatic rings. The molecule has 3 rings (SSSR count). The summed E-state index contributed by atoms with van der Waals surface area (Å²) in [5.74, 6) is 0.746. The minimum Gasteiger partial charge on any atom is -0.439 e. The van der Waals surface area contributed by atoms with Crippen molar-refractivity contribution in [1.82, 2.24) is 10.3 Å². The van der Waals surface area contributed by atoms with Crippen LogP contribution < -0.4 is 15.4 Å². The van der Waals surface area contributed by atoms with Gasteiger partial charge in [-0.05, 0) is 62.2 Å². The Bertz CT molecular complexity index is 1020. The SMILES string of the molecule is Cc1ccc(Oc2ccc(NC(=O)CC(C)NC(=O)c3ccccc3)cn2)cc1C. The fourth-order valence-corrected chi connectivity index (χ4v) is 2.85. The number of carbonyl (C=O) groups excluding carboxylic acids is 2. The van der Waals surface area contributed by atoms with Crippen molar-refractivity contribution in [3.63, 3.8) is 0 Å². The predicted octanol–water partition coefficient (Wildman–Crippen LogP) is 4.64. The molecule has 6 heteroatoms. The highest BCUT2D eigenvalue weighted by molar-refractivity contribution is 5.95. The van der Waals surface area contributed by atoms with E-state index in [-0.39, 0.29) is 24.3 Å². The molecular weight excluding hydrogens is 378 g/mol. The predicted molar refractivity (Wildman–Crippen MR) is 117 cm³/mol. The maximum absolute atomic E-state index is 12.3. The van der Waals surface area contributed by atoms with Crippen molar-refractivity contribution in [1.29, 1.82) is 0 Å². The number of ether oxygens (including phenoxy) is 1. The summed E-state index contributed by atoms with van der Waals surface area (Å²) in [6.07, 6.45) is 1.70. The van der Waals surface area contributed by atoms with Gasteiger partial charge in [-0.3, -0.25) is 9.59 Å². The van der Waals surface area contributed by atoms with E-state index in [1.54, 1.807) is 49.5 Å². The Kier molecular flexibility index (Phi) is 6.80. The summed E-state index contributed by atoms with van der Waals surface area (Å²) in [6, 6.07) is 17.9. The molecule has 2 amide bonds. The highest BCUT2D eigenvalue weighted by Crippen LogP contribution is 2.23. The summed E-state index contributed by atoms with van der Waals surface area (Å²) in [4.78, 5) is 28.7. The molecule has 2 aromatic carbocycles. The van der Waals surface area contributed by atoms with Crippen molar-refractivity contribution in [3.8, 4) is 11.6 Å². The van der Waals surface area contributed by atoms with Crippen LogP contribution in [0.1, 0.15) is 34.8 Å². The Morgan fingerprint density at radius 2 is 1.77 bits per heavy atom. The van der Waals surface area contributed by atoms with Gasteiger partial charge in [-0.1, -0.05) is 24.3 Å². The molecule has 154 valence electrons. The largest absolute Gasteiger partial charge is 0.439 e. The third-order valence-electron chi connectivity index (χ3n) is 4.63. The number of anilines is 1. The lowest BCUT2D eigenvalue weighted by Crippen LogP contribution is -2.35. The Balaban J connectivity index is 1.50. The molecule has 0 aliphatic rings. The van der Waals surface area contributed by atoms with Crippen LogP contribution in [0, 0.1) is 13.8 Å². The van der Waals surface area contributed by atoms with Gasteiger partial charge in [-0.25, -0.2) is 4.98 Å². The third-order valence-corrected chi connectivity index (χ3v) is 4.63. The van der Waals surface area contributed by atoms with E-state index in [1.807, 2.05) is 38.1 Å². The van der Waals surface area contributed by atoms with Crippen molar-refractivity contribution in [2.75, 3.05) is 5.32 Å². The second-order valence-electron chi connectivity index (χ2n) is 7.23. The van der Waals surface area contributed by atoms with E-state index in [9.17, 15) is 9.59 Å². The van der Waals surface area contributed by atoms with E-state index >= 15 is 0 Å². The second kappa shape index (κ2) is 9.69. The molecule has 2 N–H and O–H groups in total. The molecule has 0 saturated carbocycles. The number of pyridine rings is 1. The molecule has 1 heterocycles. The highest BCUT2D eigenvalue weighted by atomic mass is 16.5. The molecule has 0 bridgehead atoms. The van der Waals surface area contributed by atoms with Crippen LogP contribution in [-0.2, 0) is 4.79 Å². The van der Waals surface area contributed by atoms with Crippen LogP contribution in [0.3, 0.4) is 0 Å². The van der Waals surface area contributed by atoms with Crippen molar-refractivity contribution in [2.24, 2.45) is 0 Å². The number of aryl methyl sites for hydroxylation is 2. The van der Waals surface area contributed by atoms with Crippen LogP contribution in [0.5, 0.6) is 11.6 Å². The van der Waals surface area contributed by atoms with Gasteiger partial charge in [0, 0.05) is 24.1 Å². The van der Waals surface area contributed by atoms with Crippen molar-refractivity contribution in [3.05, 3.63) is 83.6 Å². The van der Waals surface area contributed by atoms with Crippen LogP contribution in [0.25, 0.3) is 0 Å². The lowest BCUT2D eigenvalue weighted by Gasteiger charge is -2.14. The average Bonchev–Trinajstić information content (AvgIpc) is 2.72. The first-order valence-corrected chi connectivity index (χ1v) is 9.77. The van der Waals surface area contributed by atoms with Gasteiger partial charge in [0.05, 0.1) is 11.9 Å². The number of nitrogens with zero attached hydrogens (tertiary/aromatic N) is 1. The Morgan fingerprint density at radius 3 is 2.43 bits per heavy atom. The maximum atomic E-state index is 12.3. The molecule has 6 nitrogen and oxygen atoms in total. The van der Waals surface area contributed by atoms with Gasteiger partial charge in [-0.2, -0.15) is 0 Å². The van der Waals surface area contributed by atoms with Gasteiger partial charge in [0.2, 0.25) is 11.8 Å². The Morgan fingerprint density at radius 1 is 1.00 bits per heavy atom. The van der Waals surface area contributed by atoms with Gasteiger partial charge in [0.1, 0.15) is 5.75 Å². The minimum absolute atomic E-state index is 0.152. The number of hydrogen-bond acceptors (Lipinski definition) is 4. The number of benzene rings is 2. The lowest BCUT2D eigenvalue weighted by atomic mass is 10.1. The normalized spacial score (nSPS) is 11.4. The first kappa shape index (κ1) is 21.0. The van der Waals surface area contributed by atoms with E-state index in [1.165, 1.54) is 5.56 Å². The van der Waals surface area contributed by atoms with Crippen molar-refractivity contribution < 1.29 is 14.3 Å². The maximum Gasteiger partial charge on any atom is 0.251 e. The molecule has 0 aliphatic heterocycles. The number of amides is 2. The molecule has 0 aliphatic carbocycles. The second-order valence-corrected chi connectivity index (χ2v) is 7.23. The lowest BCUT2D eigenvalue weighted by molar-refractivity contribution is -0.116. The molecule has 1 unspecified atom stereocenters. The molecule has 0 saturated heterocycles. The molecule has 0 fully saturated rings. The van der Waals surface area contributed by atoms with Crippen molar-refractivity contribution >= 4 is 17.5 Å². The number of rotatable bonds is 7. The molecule has 0 spiro atoms. The fourth-order valence-electron chi connectivity index (χ4n) is 2.85. The summed E-state index contributed by atoms with van der Waals surface area (Å²) in [5, 5.41) is 5.61. The third kappa shape index (κ3) is 5.91. The molecule has 1 aromatic heterocycles. The van der Waals surface area contributed by atoms with E-state index in [0.717, 1.165) is 5.56 Å². The minimum atomic E-state index is -0.307. The number of aromatic nitrogens is 1. The molecule has 0 radical (unpaired) electrons. The van der Waals surface area contributed by atoms with E-state index in [2.05, 4.69) is 15.6 Å². The van der Waals surface area contributed by atoms with E-state index < -0.39 is 0 Å². The van der Waals surface area contributed by atoms with Gasteiger partial charge < -0.3 is 15.4 Å². The smallest absolute Gasteiger partial charge is 0.251 e. The van der Waals surface area contributed by atoms with Crippen molar-refractivity contribution in [2.45, 2.75) is 33.2 Å². The zero-order chi connectivity index (χ0) is 21.5. The van der Waals surface area contributed by atoms with E-state index in [0.29, 0.717) is 22.9 Å². The number of nitrogens with one attached hydrogen (secondary N) is 2. The zero-order valence-corrected chi connectivity index (χ0v) is 17.3. The summed E-state index contributed by atoms with van der Waals surface area (Å²) >= 11 is 0. The first-order valence-electron chi connectivity index (χ1n) is 9.77. The van der Waals surface area contributed by atoms with Crippen LogP contribution >= 0.6 is 0 Å². The first-order chi connectivity index (χ1) is 14.4. The quantitative estimate of drug-likeness (QED) is 0.602. The summed E-state index contributed by atoms with van der Waals surface area (Å²) in [5.41, 5.74) is 3.47. The molecular formula is C24H25N3O3. The Hall–Kier alpha value is -3.67. The highest BCUT2D eigenvalue weighted by Gasteiger charge is 2.13. The van der Waals surface area contributed by atoms with Gasteiger partial charge in [-0.15, -0.1) is 0 Å². The molecule has 1 atom stereocenters. The summed E-state index contributed by atoms with van der Waals surface area (Å²) in [6.45, 7) is 5.86. The van der Waals surface area contributed by atoms with Gasteiger partial charge in [0.15, 0.2) is 0 Å². The van der Waals surface area contributed by atoms with Gasteiger partial charge in [0.25, 0.3) is 5.91 Å². The average molecular weight is 403 g/mol. The fraction of sp³-hybridized carbons (Fsp3) is 0.208. The zero-order valence-electron chi connectivity index (χ0n) is 17.3. The number of carbonyl (C=O) groups is 2. The van der Waals surface area contributed by atoms with Crippen LogP contribution in [0.2, 0.25) is 0 Å². The topological polar surface area (TPSA) is 80.3 Å². The Labute approximate surface area is 176 Å². The number of hydrogen-bond donors (Lipinski definition) is 2.